The molecule has 1 aromatic carbocycles. The molecule has 0 spiro atoms. The number of hydrogen-bond acceptors (Lipinski definition) is 7. The molecule has 0 unspecified atom stereocenters. The highest BCUT2D eigenvalue weighted by Gasteiger charge is 2.27. The number of amides is 1. The monoisotopic (exact) mass is 488 g/mol. The largest absolute Gasteiger partial charge is 0.378 e. The Morgan fingerprint density at radius 2 is 2.09 bits per heavy atom. The van der Waals surface area contributed by atoms with Gasteiger partial charge in [-0.3, -0.25) is 14.2 Å². The van der Waals surface area contributed by atoms with Gasteiger partial charge >= 0.3 is 0 Å². The zero-order valence-corrected chi connectivity index (χ0v) is 19.6. The van der Waals surface area contributed by atoms with Gasteiger partial charge in [-0.1, -0.05) is 17.7 Å². The highest BCUT2D eigenvalue weighted by Crippen LogP contribution is 2.36. The summed E-state index contributed by atoms with van der Waals surface area (Å²) in [7, 11) is 0. The van der Waals surface area contributed by atoms with Crippen LogP contribution in [0, 0.1) is 5.82 Å². The summed E-state index contributed by atoms with van der Waals surface area (Å²) in [4.78, 5) is 35.8. The molecule has 9 nitrogen and oxygen atoms in total. The molecule has 3 N–H and O–H groups in total. The molecule has 1 fully saturated rings. The number of anilines is 2. The van der Waals surface area contributed by atoms with Crippen LogP contribution in [0.15, 0.2) is 29.2 Å². The smallest absolute Gasteiger partial charge is 0.260 e. The Bertz CT molecular complexity index is 1280. The van der Waals surface area contributed by atoms with Crippen molar-refractivity contribution < 1.29 is 13.9 Å². The van der Waals surface area contributed by atoms with Crippen molar-refractivity contribution in [3.8, 4) is 11.1 Å². The van der Waals surface area contributed by atoms with Gasteiger partial charge in [0.1, 0.15) is 5.65 Å². The maximum atomic E-state index is 15.2. The Labute approximate surface area is 200 Å². The van der Waals surface area contributed by atoms with Crippen LogP contribution in [0.25, 0.3) is 22.2 Å². The van der Waals surface area contributed by atoms with E-state index < -0.39 is 11.4 Å². The second kappa shape index (κ2) is 10.5. The van der Waals surface area contributed by atoms with E-state index in [1.54, 1.807) is 18.3 Å². The van der Waals surface area contributed by atoms with E-state index in [0.717, 1.165) is 0 Å². The van der Waals surface area contributed by atoms with E-state index in [4.69, 9.17) is 22.1 Å². The summed E-state index contributed by atoms with van der Waals surface area (Å²) in [6, 6.07) is 4.66. The van der Waals surface area contributed by atoms with E-state index in [0.29, 0.717) is 56.1 Å². The molecule has 180 valence electrons. The number of nitrogens with two attached hydrogens (primary N) is 1. The molecule has 0 aliphatic carbocycles. The first kappa shape index (κ1) is 24.1. The molecule has 1 aliphatic heterocycles. The zero-order chi connectivity index (χ0) is 24.2. The molecule has 0 radical (unpaired) electrons. The van der Waals surface area contributed by atoms with Gasteiger partial charge in [-0.25, -0.2) is 9.37 Å². The second-order valence-electron chi connectivity index (χ2n) is 7.83. The number of ether oxygens (including phenoxy) is 1. The van der Waals surface area contributed by atoms with Crippen LogP contribution in [0.3, 0.4) is 0 Å². The van der Waals surface area contributed by atoms with Gasteiger partial charge in [0.2, 0.25) is 11.9 Å². The Hall–Kier alpha value is -3.08. The SMILES string of the molecule is CCNc1ncc2cc(-c3ccc(N4CCCC4=O)c(F)c3Cl)c(=O)n(CCOCCN)c2n1. The third kappa shape index (κ3) is 4.61. The van der Waals surface area contributed by atoms with Crippen molar-refractivity contribution in [2.24, 2.45) is 5.73 Å². The van der Waals surface area contributed by atoms with Gasteiger partial charge in [0, 0.05) is 48.8 Å². The minimum absolute atomic E-state index is 0.117. The number of benzene rings is 1. The number of nitrogens with one attached hydrogen (secondary N) is 1. The van der Waals surface area contributed by atoms with Crippen LogP contribution in [0.5, 0.6) is 0 Å². The molecule has 0 saturated carbocycles. The third-order valence-corrected chi connectivity index (χ3v) is 5.97. The number of rotatable bonds is 9. The number of hydrogen-bond donors (Lipinski definition) is 2. The van der Waals surface area contributed by atoms with E-state index in [1.165, 1.54) is 15.5 Å². The molecule has 3 heterocycles. The van der Waals surface area contributed by atoms with E-state index in [-0.39, 0.29) is 40.9 Å². The van der Waals surface area contributed by atoms with E-state index in [2.05, 4.69) is 15.3 Å². The zero-order valence-electron chi connectivity index (χ0n) is 18.8. The van der Waals surface area contributed by atoms with Crippen molar-refractivity contribution in [2.75, 3.05) is 43.1 Å². The molecule has 0 atom stereocenters. The van der Waals surface area contributed by atoms with Gasteiger partial charge in [0.15, 0.2) is 5.82 Å². The van der Waals surface area contributed by atoms with Crippen molar-refractivity contribution in [3.05, 3.63) is 45.6 Å². The number of carbonyl (C=O) groups excluding carboxylic acids is 1. The predicted molar refractivity (Wildman–Crippen MR) is 130 cm³/mol. The molecule has 1 aliphatic rings. The summed E-state index contributed by atoms with van der Waals surface area (Å²) in [6.07, 6.45) is 2.63. The minimum atomic E-state index is -0.731. The summed E-state index contributed by atoms with van der Waals surface area (Å²) in [5, 5.41) is 3.40. The van der Waals surface area contributed by atoms with Gasteiger partial charge in [0.05, 0.1) is 30.5 Å². The van der Waals surface area contributed by atoms with Crippen LogP contribution in [0.4, 0.5) is 16.0 Å². The lowest BCUT2D eigenvalue weighted by Crippen LogP contribution is -2.26. The average molecular weight is 489 g/mol. The fraction of sp³-hybridized carbons (Fsp3) is 0.391. The van der Waals surface area contributed by atoms with E-state index >= 15 is 4.39 Å². The Kier molecular flexibility index (Phi) is 7.40. The number of nitrogens with zero attached hydrogens (tertiary/aromatic N) is 4. The van der Waals surface area contributed by atoms with Crippen molar-refractivity contribution >= 4 is 40.2 Å². The van der Waals surface area contributed by atoms with E-state index in [9.17, 15) is 9.59 Å². The lowest BCUT2D eigenvalue weighted by molar-refractivity contribution is -0.117. The second-order valence-corrected chi connectivity index (χ2v) is 8.21. The first-order valence-corrected chi connectivity index (χ1v) is 11.5. The molecule has 34 heavy (non-hydrogen) atoms. The van der Waals surface area contributed by atoms with Crippen molar-refractivity contribution in [3.63, 3.8) is 0 Å². The van der Waals surface area contributed by atoms with Crippen molar-refractivity contribution in [2.45, 2.75) is 26.3 Å². The minimum Gasteiger partial charge on any atom is -0.378 e. The molecule has 2 aromatic heterocycles. The highest BCUT2D eigenvalue weighted by molar-refractivity contribution is 6.34. The summed E-state index contributed by atoms with van der Waals surface area (Å²) < 4.78 is 22.2. The molecule has 1 amide bonds. The first-order chi connectivity index (χ1) is 16.5. The topological polar surface area (TPSA) is 115 Å². The van der Waals surface area contributed by atoms with Gasteiger partial charge in [-0.05, 0) is 25.5 Å². The third-order valence-electron chi connectivity index (χ3n) is 5.60. The normalized spacial score (nSPS) is 13.8. The Morgan fingerprint density at radius 3 is 2.79 bits per heavy atom. The predicted octanol–water partition coefficient (Wildman–Crippen LogP) is 2.78. The summed E-state index contributed by atoms with van der Waals surface area (Å²) in [5.74, 6) is -0.491. The molecule has 0 bridgehead atoms. The maximum Gasteiger partial charge on any atom is 0.260 e. The average Bonchev–Trinajstić information content (AvgIpc) is 3.25. The van der Waals surface area contributed by atoms with Crippen LogP contribution in [-0.4, -0.2) is 53.3 Å². The van der Waals surface area contributed by atoms with Crippen LogP contribution in [0.1, 0.15) is 19.8 Å². The summed E-state index contributed by atoms with van der Waals surface area (Å²) >= 11 is 6.41. The van der Waals surface area contributed by atoms with E-state index in [1.807, 2.05) is 6.92 Å². The fourth-order valence-electron chi connectivity index (χ4n) is 4.00. The van der Waals surface area contributed by atoms with Crippen molar-refractivity contribution in [1.82, 2.24) is 14.5 Å². The molecule has 3 aromatic rings. The van der Waals surface area contributed by atoms with Gasteiger partial charge < -0.3 is 20.7 Å². The molecule has 11 heteroatoms. The van der Waals surface area contributed by atoms with Crippen molar-refractivity contribution in [1.29, 1.82) is 0 Å². The summed E-state index contributed by atoms with van der Waals surface area (Å²) in [5.41, 5.74) is 6.06. The molecular formula is C23H26ClFN6O3. The van der Waals surface area contributed by atoms with Gasteiger partial charge in [-0.2, -0.15) is 4.98 Å². The molecule has 4 rings (SSSR count). The van der Waals surface area contributed by atoms with Crippen LogP contribution in [0.2, 0.25) is 5.02 Å². The van der Waals surface area contributed by atoms with Gasteiger partial charge in [0.25, 0.3) is 5.56 Å². The van der Waals surface area contributed by atoms with Crippen LogP contribution >= 0.6 is 11.6 Å². The summed E-state index contributed by atoms with van der Waals surface area (Å²) in [6.45, 7) is 4.15. The molecule has 1 saturated heterocycles. The highest BCUT2D eigenvalue weighted by atomic mass is 35.5. The Balaban J connectivity index is 1.83. The Morgan fingerprint density at radius 1 is 1.26 bits per heavy atom. The van der Waals surface area contributed by atoms with Crippen LogP contribution in [-0.2, 0) is 16.1 Å². The number of fused-ring (bicyclic) bond motifs is 1. The quantitative estimate of drug-likeness (QED) is 0.445. The maximum absolute atomic E-state index is 15.2. The number of carbonyl (C=O) groups is 1. The van der Waals surface area contributed by atoms with Gasteiger partial charge in [-0.15, -0.1) is 0 Å². The standard InChI is InChI=1S/C23H26ClFN6O3/c1-2-27-23-28-13-14-12-16(22(33)31(21(14)29-23)9-11-34-10-7-26)15-5-6-17(20(25)19(15)24)30-8-3-4-18(30)32/h5-6,12-13H,2-4,7-11,26H2,1H3,(H,27,28,29). The lowest BCUT2D eigenvalue weighted by Gasteiger charge is -2.19. The first-order valence-electron chi connectivity index (χ1n) is 11.2. The van der Waals surface area contributed by atoms with Crippen LogP contribution < -0.4 is 21.5 Å². The number of aromatic nitrogens is 3. The molecular weight excluding hydrogens is 463 g/mol. The lowest BCUT2D eigenvalue weighted by atomic mass is 10.0. The number of pyridine rings is 1. The fourth-order valence-corrected chi connectivity index (χ4v) is 4.26. The number of halogens is 2.